The molecule has 9 heteroatoms. The van der Waals surface area contributed by atoms with Crippen molar-refractivity contribution in [3.05, 3.63) is 29.0 Å². The van der Waals surface area contributed by atoms with Crippen molar-refractivity contribution >= 4 is 29.1 Å². The number of benzene rings is 1. The number of hydrogen-bond donors (Lipinski definition) is 2. The fraction of sp³-hybridized carbons (Fsp3) is 0.600. The fourth-order valence-electron chi connectivity index (χ4n) is 4.26. The van der Waals surface area contributed by atoms with E-state index in [0.717, 1.165) is 18.5 Å². The number of ether oxygens (including phenoxy) is 1. The summed E-state index contributed by atoms with van der Waals surface area (Å²) in [5, 5.41) is 6.15. The van der Waals surface area contributed by atoms with Gasteiger partial charge < -0.3 is 19.9 Å². The highest BCUT2D eigenvalue weighted by Crippen LogP contribution is 2.43. The van der Waals surface area contributed by atoms with Crippen LogP contribution in [0.1, 0.15) is 25.7 Å². The summed E-state index contributed by atoms with van der Waals surface area (Å²) in [4.78, 5) is 29.4. The Hall–Kier alpha value is -1.90. The molecule has 0 radical (unpaired) electrons. The average molecular weight is 425 g/mol. The van der Waals surface area contributed by atoms with Gasteiger partial charge in [0.15, 0.2) is 0 Å². The first-order valence-corrected chi connectivity index (χ1v) is 10.5. The molecule has 1 saturated carbocycles. The quantitative estimate of drug-likeness (QED) is 0.752. The number of nitrogens with zero attached hydrogens (tertiary/aromatic N) is 2. The third-order valence-electron chi connectivity index (χ3n) is 6.14. The zero-order valence-corrected chi connectivity index (χ0v) is 17.0. The summed E-state index contributed by atoms with van der Waals surface area (Å²) in [5.41, 5.74) is 0.147. The molecule has 3 aliphatic rings. The van der Waals surface area contributed by atoms with Gasteiger partial charge in [-0.3, -0.25) is 14.9 Å². The Kier molecular flexibility index (Phi) is 5.94. The first-order valence-electron chi connectivity index (χ1n) is 10.1. The number of carbonyl (C=O) groups excluding carboxylic acids is 2. The van der Waals surface area contributed by atoms with Gasteiger partial charge in [-0.25, -0.2) is 4.39 Å². The Labute approximate surface area is 174 Å². The molecule has 1 unspecified atom stereocenters. The molecule has 0 spiro atoms. The minimum atomic E-state index is -0.709. The lowest BCUT2D eigenvalue weighted by Gasteiger charge is -2.37. The number of anilines is 1. The van der Waals surface area contributed by atoms with Gasteiger partial charge in [0, 0.05) is 38.3 Å². The highest BCUT2D eigenvalue weighted by molar-refractivity contribution is 6.31. The highest BCUT2D eigenvalue weighted by atomic mass is 35.5. The molecule has 29 heavy (non-hydrogen) atoms. The van der Waals surface area contributed by atoms with Gasteiger partial charge in [-0.2, -0.15) is 0 Å². The first kappa shape index (κ1) is 20.4. The smallest absolute Gasteiger partial charge is 0.242 e. The fourth-order valence-corrected chi connectivity index (χ4v) is 4.43. The number of hydrogen-bond acceptors (Lipinski definition) is 5. The Morgan fingerprint density at radius 2 is 2.00 bits per heavy atom. The lowest BCUT2D eigenvalue weighted by Crippen LogP contribution is -2.57. The second-order valence-electron chi connectivity index (χ2n) is 7.89. The largest absolute Gasteiger partial charge is 0.368 e. The topological polar surface area (TPSA) is 73.9 Å². The molecular formula is C20H26ClFN4O3. The van der Waals surface area contributed by atoms with Crippen LogP contribution < -0.4 is 15.5 Å². The van der Waals surface area contributed by atoms with Crippen LogP contribution in [0.4, 0.5) is 10.1 Å². The maximum atomic E-state index is 13.4. The van der Waals surface area contributed by atoms with Crippen LogP contribution in [0.3, 0.4) is 0 Å². The van der Waals surface area contributed by atoms with Crippen molar-refractivity contribution in [2.24, 2.45) is 5.92 Å². The predicted molar refractivity (Wildman–Crippen MR) is 107 cm³/mol. The van der Waals surface area contributed by atoms with Crippen LogP contribution in [0.25, 0.3) is 0 Å². The second-order valence-corrected chi connectivity index (χ2v) is 8.29. The summed E-state index contributed by atoms with van der Waals surface area (Å²) in [5.74, 6) is -0.183. The molecular weight excluding hydrogens is 399 g/mol. The molecule has 1 aliphatic carbocycles. The second kappa shape index (κ2) is 8.45. The van der Waals surface area contributed by atoms with Crippen LogP contribution in [-0.4, -0.2) is 61.9 Å². The number of piperazine rings is 1. The van der Waals surface area contributed by atoms with Gasteiger partial charge in [0.25, 0.3) is 0 Å². The van der Waals surface area contributed by atoms with Crippen molar-refractivity contribution in [2.75, 3.05) is 44.5 Å². The van der Waals surface area contributed by atoms with Crippen molar-refractivity contribution in [1.29, 1.82) is 0 Å². The van der Waals surface area contributed by atoms with E-state index in [2.05, 4.69) is 15.5 Å². The highest BCUT2D eigenvalue weighted by Gasteiger charge is 2.51. The molecule has 2 aliphatic heterocycles. The standard InChI is InChI=1S/C20H26ClFN4O3/c21-16-11-15(3-4-17(16)22)25-7-9-26(10-8-25)18(27)5-6-20(14-1-2-14)19(28)23-12-29-13-24-20/h3-4,11,14,24H,1-2,5-10,12-13H2,(H,23,28). The van der Waals surface area contributed by atoms with Gasteiger partial charge in [-0.15, -0.1) is 0 Å². The first-order chi connectivity index (χ1) is 14.0. The van der Waals surface area contributed by atoms with Crippen LogP contribution in [-0.2, 0) is 14.3 Å². The summed E-state index contributed by atoms with van der Waals surface area (Å²) >= 11 is 5.88. The zero-order chi connectivity index (χ0) is 20.4. The van der Waals surface area contributed by atoms with E-state index >= 15 is 0 Å². The lowest BCUT2D eigenvalue weighted by molar-refractivity contribution is -0.133. The van der Waals surface area contributed by atoms with Gasteiger partial charge >= 0.3 is 0 Å². The number of carbonyl (C=O) groups is 2. The summed E-state index contributed by atoms with van der Waals surface area (Å²) in [6.45, 7) is 3.01. The van der Waals surface area contributed by atoms with Gasteiger partial charge in [-0.1, -0.05) is 11.6 Å². The monoisotopic (exact) mass is 424 g/mol. The zero-order valence-electron chi connectivity index (χ0n) is 16.3. The molecule has 158 valence electrons. The van der Waals surface area contributed by atoms with Crippen LogP contribution in [0, 0.1) is 11.7 Å². The summed E-state index contributed by atoms with van der Waals surface area (Å²) in [6, 6.07) is 4.68. The van der Waals surface area contributed by atoms with Crippen LogP contribution in [0.15, 0.2) is 18.2 Å². The molecule has 3 fully saturated rings. The number of rotatable bonds is 5. The molecule has 2 N–H and O–H groups in total. The van der Waals surface area contributed by atoms with E-state index in [1.807, 2.05) is 4.90 Å². The average Bonchev–Trinajstić information content (AvgIpc) is 3.58. The Bertz CT molecular complexity index is 783. The van der Waals surface area contributed by atoms with Crippen molar-refractivity contribution in [3.8, 4) is 0 Å². The summed E-state index contributed by atoms with van der Waals surface area (Å²) in [6.07, 6.45) is 2.78. The van der Waals surface area contributed by atoms with E-state index in [1.54, 1.807) is 12.1 Å². The maximum absolute atomic E-state index is 13.4. The van der Waals surface area contributed by atoms with Crippen molar-refractivity contribution in [1.82, 2.24) is 15.5 Å². The van der Waals surface area contributed by atoms with E-state index in [4.69, 9.17) is 16.3 Å². The summed E-state index contributed by atoms with van der Waals surface area (Å²) < 4.78 is 18.7. The Balaban J connectivity index is 1.32. The molecule has 1 aromatic rings. The summed E-state index contributed by atoms with van der Waals surface area (Å²) in [7, 11) is 0. The predicted octanol–water partition coefficient (Wildman–Crippen LogP) is 1.71. The third kappa shape index (κ3) is 4.34. The van der Waals surface area contributed by atoms with Gasteiger partial charge in [0.2, 0.25) is 11.8 Å². The van der Waals surface area contributed by atoms with Crippen molar-refractivity contribution in [3.63, 3.8) is 0 Å². The van der Waals surface area contributed by atoms with Crippen LogP contribution >= 0.6 is 11.6 Å². The molecule has 0 aromatic heterocycles. The maximum Gasteiger partial charge on any atom is 0.242 e. The lowest BCUT2D eigenvalue weighted by atomic mass is 9.86. The van der Waals surface area contributed by atoms with E-state index in [1.165, 1.54) is 6.07 Å². The van der Waals surface area contributed by atoms with Crippen LogP contribution in [0.5, 0.6) is 0 Å². The van der Waals surface area contributed by atoms with Gasteiger partial charge in [0.1, 0.15) is 18.1 Å². The van der Waals surface area contributed by atoms with Crippen molar-refractivity contribution in [2.45, 2.75) is 31.2 Å². The SMILES string of the molecule is O=C(CCC1(C2CC2)NCOCNC1=O)N1CCN(c2ccc(F)c(Cl)c2)CC1. The Morgan fingerprint density at radius 1 is 1.24 bits per heavy atom. The van der Waals surface area contributed by atoms with Crippen LogP contribution in [0.2, 0.25) is 5.02 Å². The molecule has 2 saturated heterocycles. The molecule has 2 amide bonds. The number of halogens is 2. The van der Waals surface area contributed by atoms with E-state index in [9.17, 15) is 14.0 Å². The van der Waals surface area contributed by atoms with Gasteiger partial charge in [0.05, 0.1) is 11.8 Å². The molecule has 7 nitrogen and oxygen atoms in total. The molecule has 0 bridgehead atoms. The Morgan fingerprint density at radius 3 is 2.69 bits per heavy atom. The molecule has 1 aromatic carbocycles. The van der Waals surface area contributed by atoms with Gasteiger partial charge in [-0.05, 0) is 43.4 Å². The minimum absolute atomic E-state index is 0.0570. The minimum Gasteiger partial charge on any atom is -0.368 e. The van der Waals surface area contributed by atoms with Crippen molar-refractivity contribution < 1.29 is 18.7 Å². The number of nitrogens with one attached hydrogen (secondary N) is 2. The molecule has 1 atom stereocenters. The molecule has 4 rings (SSSR count). The van der Waals surface area contributed by atoms with E-state index in [0.29, 0.717) is 45.8 Å². The van der Waals surface area contributed by atoms with E-state index < -0.39 is 11.4 Å². The third-order valence-corrected chi connectivity index (χ3v) is 6.43. The molecule has 2 heterocycles. The van der Waals surface area contributed by atoms with E-state index in [-0.39, 0.29) is 29.5 Å². The normalized spacial score (nSPS) is 25.5. The number of amides is 2.